The maximum absolute atomic E-state index is 12.4. The van der Waals surface area contributed by atoms with Crippen molar-refractivity contribution in [3.63, 3.8) is 0 Å². The number of carbonyl (C=O) groups is 1. The van der Waals surface area contributed by atoms with Crippen molar-refractivity contribution in [2.45, 2.75) is 39.8 Å². The van der Waals surface area contributed by atoms with Gasteiger partial charge < -0.3 is 20.1 Å². The lowest BCUT2D eigenvalue weighted by Crippen LogP contribution is -2.52. The van der Waals surface area contributed by atoms with Crippen LogP contribution in [0.1, 0.15) is 37.9 Å². The lowest BCUT2D eigenvalue weighted by atomic mass is 10.0. The summed E-state index contributed by atoms with van der Waals surface area (Å²) in [6.45, 7) is 12.4. The van der Waals surface area contributed by atoms with Crippen molar-refractivity contribution in [1.29, 1.82) is 0 Å². The van der Waals surface area contributed by atoms with Gasteiger partial charge in [-0.2, -0.15) is 0 Å². The van der Waals surface area contributed by atoms with Crippen molar-refractivity contribution in [1.82, 2.24) is 15.5 Å². The molecule has 2 N–H and O–H groups in total. The molecular weight excluding hydrogens is 330 g/mol. The summed E-state index contributed by atoms with van der Waals surface area (Å²) in [7, 11) is 1.65. The van der Waals surface area contributed by atoms with Crippen molar-refractivity contribution in [2.24, 2.45) is 5.92 Å². The van der Waals surface area contributed by atoms with Crippen LogP contribution in [0.5, 0.6) is 5.75 Å². The molecule has 2 atom stereocenters. The first-order valence-corrected chi connectivity index (χ1v) is 9.43. The summed E-state index contributed by atoms with van der Waals surface area (Å²) in [5, 5.41) is 6.06. The van der Waals surface area contributed by atoms with E-state index in [9.17, 15) is 4.79 Å². The molecule has 1 heterocycles. The Bertz CT molecular complexity index is 586. The van der Waals surface area contributed by atoms with Crippen LogP contribution in [-0.2, 0) is 4.74 Å². The molecule has 2 rings (SSSR count). The summed E-state index contributed by atoms with van der Waals surface area (Å²) < 4.78 is 10.9. The van der Waals surface area contributed by atoms with Gasteiger partial charge in [0.05, 0.1) is 26.4 Å². The topological polar surface area (TPSA) is 62.8 Å². The van der Waals surface area contributed by atoms with Gasteiger partial charge >= 0.3 is 6.03 Å². The Hall–Kier alpha value is -1.79. The standard InChI is InChI=1S/C20H33N3O3/c1-14(2)18(23-8-10-26-11-9-23)13-21-20(24)22-16(4)17-12-15(3)6-7-19(17)25-5/h6-7,12,14,16,18H,8-11,13H2,1-5H3,(H2,21,22,24). The van der Waals surface area contributed by atoms with Crippen molar-refractivity contribution >= 4 is 6.03 Å². The number of methoxy groups -OCH3 is 1. The van der Waals surface area contributed by atoms with Gasteiger partial charge in [0, 0.05) is 31.2 Å². The number of nitrogens with zero attached hydrogens (tertiary/aromatic N) is 1. The molecule has 0 bridgehead atoms. The summed E-state index contributed by atoms with van der Waals surface area (Å²) in [5.41, 5.74) is 2.12. The molecule has 1 saturated heterocycles. The lowest BCUT2D eigenvalue weighted by Gasteiger charge is -2.37. The Kier molecular flexibility index (Phi) is 7.72. The second kappa shape index (κ2) is 9.78. The second-order valence-corrected chi connectivity index (χ2v) is 7.28. The molecule has 146 valence electrons. The predicted octanol–water partition coefficient (Wildman–Crippen LogP) is 2.72. The van der Waals surface area contributed by atoms with Crippen molar-refractivity contribution in [3.8, 4) is 5.75 Å². The smallest absolute Gasteiger partial charge is 0.315 e. The van der Waals surface area contributed by atoms with Gasteiger partial charge in [-0.3, -0.25) is 4.90 Å². The van der Waals surface area contributed by atoms with E-state index in [1.54, 1.807) is 7.11 Å². The van der Waals surface area contributed by atoms with E-state index in [4.69, 9.17) is 9.47 Å². The largest absolute Gasteiger partial charge is 0.496 e. The van der Waals surface area contributed by atoms with Crippen molar-refractivity contribution < 1.29 is 14.3 Å². The maximum Gasteiger partial charge on any atom is 0.315 e. The first-order valence-electron chi connectivity index (χ1n) is 9.43. The molecule has 2 unspecified atom stereocenters. The number of nitrogens with one attached hydrogen (secondary N) is 2. The van der Waals surface area contributed by atoms with E-state index >= 15 is 0 Å². The Morgan fingerprint density at radius 2 is 1.96 bits per heavy atom. The first kappa shape index (κ1) is 20.5. The number of hydrogen-bond donors (Lipinski definition) is 2. The molecule has 0 aliphatic carbocycles. The molecular formula is C20H33N3O3. The minimum Gasteiger partial charge on any atom is -0.496 e. The minimum absolute atomic E-state index is 0.134. The van der Waals surface area contributed by atoms with E-state index < -0.39 is 0 Å². The molecule has 1 aliphatic rings. The number of hydrogen-bond acceptors (Lipinski definition) is 4. The molecule has 26 heavy (non-hydrogen) atoms. The predicted molar refractivity (Wildman–Crippen MR) is 104 cm³/mol. The molecule has 0 spiro atoms. The average Bonchev–Trinajstić information content (AvgIpc) is 2.62. The Labute approximate surface area is 157 Å². The van der Waals surface area contributed by atoms with E-state index in [0.717, 1.165) is 43.2 Å². The third-order valence-corrected chi connectivity index (χ3v) is 4.96. The monoisotopic (exact) mass is 363 g/mol. The lowest BCUT2D eigenvalue weighted by molar-refractivity contribution is 0.00718. The van der Waals surface area contributed by atoms with Gasteiger partial charge in [0.2, 0.25) is 0 Å². The molecule has 0 saturated carbocycles. The number of urea groups is 1. The number of morpholine rings is 1. The van der Waals surface area contributed by atoms with Crippen molar-refractivity contribution in [2.75, 3.05) is 40.0 Å². The highest BCUT2D eigenvalue weighted by Crippen LogP contribution is 2.25. The molecule has 1 aromatic rings. The highest BCUT2D eigenvalue weighted by atomic mass is 16.5. The second-order valence-electron chi connectivity index (χ2n) is 7.28. The summed E-state index contributed by atoms with van der Waals surface area (Å²) >= 11 is 0. The normalized spacial score (nSPS) is 17.6. The van der Waals surface area contributed by atoms with E-state index in [1.165, 1.54) is 0 Å². The van der Waals surface area contributed by atoms with Gasteiger partial charge in [-0.15, -0.1) is 0 Å². The molecule has 6 heteroatoms. The first-order chi connectivity index (χ1) is 12.4. The summed E-state index contributed by atoms with van der Waals surface area (Å²) in [5.74, 6) is 1.25. The van der Waals surface area contributed by atoms with E-state index in [2.05, 4.69) is 35.4 Å². The Morgan fingerprint density at radius 1 is 1.27 bits per heavy atom. The molecule has 1 aliphatic heterocycles. The van der Waals surface area contributed by atoms with E-state index in [0.29, 0.717) is 18.5 Å². The van der Waals surface area contributed by atoms with Crippen LogP contribution in [0.4, 0.5) is 4.79 Å². The number of amides is 2. The number of rotatable bonds is 7. The summed E-state index contributed by atoms with van der Waals surface area (Å²) in [6, 6.07) is 6.02. The van der Waals surface area contributed by atoms with Crippen molar-refractivity contribution in [3.05, 3.63) is 29.3 Å². The molecule has 1 fully saturated rings. The highest BCUT2D eigenvalue weighted by molar-refractivity contribution is 5.74. The zero-order valence-electron chi connectivity index (χ0n) is 16.7. The van der Waals surface area contributed by atoms with Crippen LogP contribution in [0.15, 0.2) is 18.2 Å². The van der Waals surface area contributed by atoms with Gasteiger partial charge in [0.25, 0.3) is 0 Å². The van der Waals surface area contributed by atoms with Crippen LogP contribution in [0, 0.1) is 12.8 Å². The van der Waals surface area contributed by atoms with E-state index in [1.807, 2.05) is 26.0 Å². The molecule has 0 aromatic heterocycles. The van der Waals surface area contributed by atoms with Gasteiger partial charge in [-0.25, -0.2) is 4.79 Å². The fourth-order valence-corrected chi connectivity index (χ4v) is 3.41. The SMILES string of the molecule is COc1ccc(C)cc1C(C)NC(=O)NCC(C(C)C)N1CCOCC1. The average molecular weight is 364 g/mol. The summed E-state index contributed by atoms with van der Waals surface area (Å²) in [6.07, 6.45) is 0. The zero-order chi connectivity index (χ0) is 19.1. The number of carbonyl (C=O) groups excluding carboxylic acids is 1. The number of aryl methyl sites for hydroxylation is 1. The fraction of sp³-hybridized carbons (Fsp3) is 0.650. The Balaban J connectivity index is 1.91. The van der Waals surface area contributed by atoms with Crippen LogP contribution in [0.25, 0.3) is 0 Å². The third kappa shape index (κ3) is 5.61. The maximum atomic E-state index is 12.4. The number of benzene rings is 1. The van der Waals surface area contributed by atoms with Gasteiger partial charge in [0.1, 0.15) is 5.75 Å². The van der Waals surface area contributed by atoms with Gasteiger partial charge in [-0.1, -0.05) is 31.5 Å². The number of ether oxygens (including phenoxy) is 2. The van der Waals surface area contributed by atoms with Crippen LogP contribution < -0.4 is 15.4 Å². The van der Waals surface area contributed by atoms with E-state index in [-0.39, 0.29) is 12.1 Å². The molecule has 1 aromatic carbocycles. The molecule has 6 nitrogen and oxygen atoms in total. The summed E-state index contributed by atoms with van der Waals surface area (Å²) in [4.78, 5) is 14.8. The Morgan fingerprint density at radius 3 is 2.58 bits per heavy atom. The van der Waals surface area contributed by atoms with Crippen LogP contribution in [-0.4, -0.2) is 56.9 Å². The van der Waals surface area contributed by atoms with Crippen LogP contribution in [0.3, 0.4) is 0 Å². The highest BCUT2D eigenvalue weighted by Gasteiger charge is 2.24. The van der Waals surface area contributed by atoms with Crippen LogP contribution in [0.2, 0.25) is 0 Å². The van der Waals surface area contributed by atoms with Crippen LogP contribution >= 0.6 is 0 Å². The third-order valence-electron chi connectivity index (χ3n) is 4.96. The molecule has 0 radical (unpaired) electrons. The quantitative estimate of drug-likeness (QED) is 0.782. The fourth-order valence-electron chi connectivity index (χ4n) is 3.41. The molecule has 2 amide bonds. The van der Waals surface area contributed by atoms with Gasteiger partial charge in [0.15, 0.2) is 0 Å². The zero-order valence-corrected chi connectivity index (χ0v) is 16.7. The van der Waals surface area contributed by atoms with Gasteiger partial charge in [-0.05, 0) is 25.8 Å². The minimum atomic E-state index is -0.153.